The number of benzene rings is 1. The summed E-state index contributed by atoms with van der Waals surface area (Å²) in [6.07, 6.45) is 3.83. The minimum Gasteiger partial charge on any atom is -0.323 e. The van der Waals surface area contributed by atoms with Crippen LogP contribution in [0.3, 0.4) is 0 Å². The van der Waals surface area contributed by atoms with E-state index in [4.69, 9.17) is 10.1 Å². The molecule has 0 fully saturated rings. The van der Waals surface area contributed by atoms with Gasteiger partial charge in [0, 0.05) is 36.4 Å². The van der Waals surface area contributed by atoms with Gasteiger partial charge in [-0.25, -0.2) is 9.97 Å². The number of thiazole rings is 1. The standard InChI is InChI=1S/C19H18N6S/c1-2-4-14(5-3-1)17-13-26-18(22-17)12-24-8-7-21-19(24)16-10-15-11-20-6-9-25(15)23-16/h1-5,7-8,10,13,20H,6,9,11-12H2. The third-order valence-electron chi connectivity index (χ3n) is 4.54. The van der Waals surface area contributed by atoms with Crippen molar-refractivity contribution in [2.45, 2.75) is 19.6 Å². The van der Waals surface area contributed by atoms with E-state index in [1.165, 1.54) is 5.69 Å². The number of rotatable bonds is 4. The summed E-state index contributed by atoms with van der Waals surface area (Å²) in [6, 6.07) is 12.4. The van der Waals surface area contributed by atoms with Gasteiger partial charge in [0.05, 0.1) is 24.5 Å². The normalized spacial score (nSPS) is 13.7. The quantitative estimate of drug-likeness (QED) is 0.606. The first-order chi connectivity index (χ1) is 12.9. The molecule has 3 aromatic heterocycles. The first-order valence-corrected chi connectivity index (χ1v) is 9.53. The van der Waals surface area contributed by atoms with Gasteiger partial charge in [0.2, 0.25) is 0 Å². The third kappa shape index (κ3) is 2.85. The Labute approximate surface area is 155 Å². The molecule has 1 aromatic carbocycles. The molecule has 0 saturated heterocycles. The molecule has 0 amide bonds. The lowest BCUT2D eigenvalue weighted by Crippen LogP contribution is -2.28. The van der Waals surface area contributed by atoms with E-state index in [-0.39, 0.29) is 0 Å². The minimum absolute atomic E-state index is 0.702. The Kier molecular flexibility index (Phi) is 3.88. The highest BCUT2D eigenvalue weighted by Crippen LogP contribution is 2.24. The Morgan fingerprint density at radius 2 is 2.08 bits per heavy atom. The van der Waals surface area contributed by atoms with Crippen molar-refractivity contribution in [3.05, 3.63) is 64.9 Å². The molecular formula is C19H18N6S. The number of nitrogens with one attached hydrogen (secondary N) is 1. The highest BCUT2D eigenvalue weighted by Gasteiger charge is 2.16. The molecule has 5 rings (SSSR count). The molecule has 0 aliphatic carbocycles. The van der Waals surface area contributed by atoms with Crippen LogP contribution in [-0.2, 0) is 19.6 Å². The average Bonchev–Trinajstić information content (AvgIpc) is 3.41. The lowest BCUT2D eigenvalue weighted by atomic mass is 10.2. The lowest BCUT2D eigenvalue weighted by molar-refractivity contribution is 0.476. The maximum Gasteiger partial charge on any atom is 0.160 e. The van der Waals surface area contributed by atoms with Gasteiger partial charge in [-0.05, 0) is 6.07 Å². The van der Waals surface area contributed by atoms with Crippen LogP contribution in [0.25, 0.3) is 22.8 Å². The van der Waals surface area contributed by atoms with Crippen molar-refractivity contribution in [2.24, 2.45) is 0 Å². The fourth-order valence-corrected chi connectivity index (χ4v) is 4.04. The molecule has 1 aliphatic heterocycles. The molecule has 0 radical (unpaired) electrons. The fraction of sp³-hybridized carbons (Fsp3) is 0.211. The number of imidazole rings is 1. The summed E-state index contributed by atoms with van der Waals surface area (Å²) in [5.74, 6) is 0.892. The average molecular weight is 362 g/mol. The molecule has 0 saturated carbocycles. The van der Waals surface area contributed by atoms with Crippen molar-refractivity contribution in [1.29, 1.82) is 0 Å². The van der Waals surface area contributed by atoms with Crippen molar-refractivity contribution < 1.29 is 0 Å². The van der Waals surface area contributed by atoms with Crippen molar-refractivity contribution in [1.82, 2.24) is 29.6 Å². The summed E-state index contributed by atoms with van der Waals surface area (Å²) >= 11 is 1.68. The first-order valence-electron chi connectivity index (χ1n) is 8.65. The molecule has 0 atom stereocenters. The fourth-order valence-electron chi connectivity index (χ4n) is 3.24. The molecule has 4 aromatic rings. The van der Waals surface area contributed by atoms with Crippen molar-refractivity contribution in [3.8, 4) is 22.8 Å². The number of aromatic nitrogens is 5. The van der Waals surface area contributed by atoms with E-state index in [0.29, 0.717) is 6.54 Å². The molecule has 1 aliphatic rings. The van der Waals surface area contributed by atoms with Gasteiger partial charge in [-0.15, -0.1) is 11.3 Å². The van der Waals surface area contributed by atoms with E-state index in [0.717, 1.165) is 47.4 Å². The number of nitrogens with zero attached hydrogens (tertiary/aromatic N) is 5. The highest BCUT2D eigenvalue weighted by molar-refractivity contribution is 7.09. The minimum atomic E-state index is 0.702. The van der Waals surface area contributed by atoms with Crippen LogP contribution in [0.2, 0.25) is 0 Å². The number of hydrogen-bond donors (Lipinski definition) is 1. The topological polar surface area (TPSA) is 60.6 Å². The molecule has 0 unspecified atom stereocenters. The van der Waals surface area contributed by atoms with Crippen LogP contribution in [-0.4, -0.2) is 30.9 Å². The van der Waals surface area contributed by atoms with Gasteiger partial charge in [0.15, 0.2) is 5.82 Å². The van der Waals surface area contributed by atoms with Crippen LogP contribution in [0.4, 0.5) is 0 Å². The molecule has 6 nitrogen and oxygen atoms in total. The number of fused-ring (bicyclic) bond motifs is 1. The van der Waals surface area contributed by atoms with Crippen molar-refractivity contribution in [3.63, 3.8) is 0 Å². The Morgan fingerprint density at radius 1 is 1.15 bits per heavy atom. The molecule has 130 valence electrons. The summed E-state index contributed by atoms with van der Waals surface area (Å²) in [7, 11) is 0. The van der Waals surface area contributed by atoms with E-state index in [1.807, 2.05) is 30.6 Å². The molecule has 1 N–H and O–H groups in total. The predicted octanol–water partition coefficient (Wildman–Crippen LogP) is 3.02. The Morgan fingerprint density at radius 3 is 2.96 bits per heavy atom. The summed E-state index contributed by atoms with van der Waals surface area (Å²) in [5, 5.41) is 11.3. The second kappa shape index (κ2) is 6.51. The summed E-state index contributed by atoms with van der Waals surface area (Å²) in [5.41, 5.74) is 4.31. The highest BCUT2D eigenvalue weighted by atomic mass is 32.1. The Hall–Kier alpha value is -2.77. The van der Waals surface area contributed by atoms with Crippen LogP contribution in [0, 0.1) is 0 Å². The first kappa shape index (κ1) is 15.5. The zero-order valence-electron chi connectivity index (χ0n) is 14.2. The van der Waals surface area contributed by atoms with Crippen molar-refractivity contribution in [2.75, 3.05) is 6.54 Å². The van der Waals surface area contributed by atoms with E-state index in [1.54, 1.807) is 11.3 Å². The maximum atomic E-state index is 4.79. The molecule has 26 heavy (non-hydrogen) atoms. The third-order valence-corrected chi connectivity index (χ3v) is 5.37. The van der Waals surface area contributed by atoms with Gasteiger partial charge in [0.1, 0.15) is 10.7 Å². The van der Waals surface area contributed by atoms with E-state index >= 15 is 0 Å². The van der Waals surface area contributed by atoms with Gasteiger partial charge < -0.3 is 9.88 Å². The van der Waals surface area contributed by atoms with Gasteiger partial charge in [-0.2, -0.15) is 5.10 Å². The van der Waals surface area contributed by atoms with Crippen LogP contribution in [0.1, 0.15) is 10.7 Å². The zero-order valence-corrected chi connectivity index (χ0v) is 15.0. The van der Waals surface area contributed by atoms with E-state index in [9.17, 15) is 0 Å². The molecule has 0 spiro atoms. The van der Waals surface area contributed by atoms with Gasteiger partial charge in [0.25, 0.3) is 0 Å². The second-order valence-corrected chi connectivity index (χ2v) is 7.23. The monoisotopic (exact) mass is 362 g/mol. The van der Waals surface area contributed by atoms with Gasteiger partial charge in [-0.1, -0.05) is 30.3 Å². The second-order valence-electron chi connectivity index (χ2n) is 6.29. The molecule has 0 bridgehead atoms. The smallest absolute Gasteiger partial charge is 0.160 e. The van der Waals surface area contributed by atoms with E-state index in [2.05, 4.69) is 43.1 Å². The Balaban J connectivity index is 1.42. The van der Waals surface area contributed by atoms with Crippen LogP contribution < -0.4 is 5.32 Å². The van der Waals surface area contributed by atoms with Gasteiger partial charge >= 0.3 is 0 Å². The zero-order chi connectivity index (χ0) is 17.3. The maximum absolute atomic E-state index is 4.79. The molecule has 4 heterocycles. The summed E-state index contributed by atoms with van der Waals surface area (Å²) in [6.45, 7) is 3.43. The van der Waals surface area contributed by atoms with Crippen LogP contribution >= 0.6 is 11.3 Å². The van der Waals surface area contributed by atoms with Crippen LogP contribution in [0.5, 0.6) is 0 Å². The Bertz CT molecular complexity index is 1010. The van der Waals surface area contributed by atoms with Crippen LogP contribution in [0.15, 0.2) is 54.2 Å². The largest absolute Gasteiger partial charge is 0.323 e. The SMILES string of the molecule is c1ccc(-c2csc(Cn3ccnc3-c3cc4n(n3)CCNC4)n2)cc1. The number of hydrogen-bond acceptors (Lipinski definition) is 5. The van der Waals surface area contributed by atoms with Crippen molar-refractivity contribution >= 4 is 11.3 Å². The lowest BCUT2D eigenvalue weighted by Gasteiger charge is -2.13. The van der Waals surface area contributed by atoms with Gasteiger partial charge in [-0.3, -0.25) is 4.68 Å². The molecular weight excluding hydrogens is 344 g/mol. The summed E-state index contributed by atoms with van der Waals surface area (Å²) < 4.78 is 4.19. The summed E-state index contributed by atoms with van der Waals surface area (Å²) in [4.78, 5) is 9.32. The van der Waals surface area contributed by atoms with E-state index < -0.39 is 0 Å². The predicted molar refractivity (Wildman–Crippen MR) is 102 cm³/mol. The molecule has 7 heteroatoms.